The fourth-order valence-electron chi connectivity index (χ4n) is 1.73. The summed E-state index contributed by atoms with van der Waals surface area (Å²) in [4.78, 5) is 23.6. The molecular formula is C13H18N4O3. The Morgan fingerprint density at radius 3 is 2.55 bits per heavy atom. The minimum Gasteiger partial charge on any atom is -0.360 e. The highest BCUT2D eigenvalue weighted by Gasteiger charge is 2.22. The van der Waals surface area contributed by atoms with E-state index in [4.69, 9.17) is 4.74 Å². The van der Waals surface area contributed by atoms with Gasteiger partial charge in [0.15, 0.2) is 0 Å². The summed E-state index contributed by atoms with van der Waals surface area (Å²) in [6.07, 6.45) is 5.15. The standard InChI is InChI=1S/C13H18N4O3/c1-10(2)11-8-16(15-14-11)6-3-7-20-9-17-12(18)4-5-13(17)19/h4-5,8,10H,3,6-7,9H2,1-2H3. The molecule has 7 heteroatoms. The first-order valence-electron chi connectivity index (χ1n) is 6.59. The molecule has 7 nitrogen and oxygen atoms in total. The molecule has 0 aliphatic carbocycles. The lowest BCUT2D eigenvalue weighted by Crippen LogP contribution is -2.32. The van der Waals surface area contributed by atoms with Crippen LogP contribution in [0.3, 0.4) is 0 Å². The van der Waals surface area contributed by atoms with Gasteiger partial charge in [0.1, 0.15) is 6.73 Å². The van der Waals surface area contributed by atoms with Gasteiger partial charge in [-0.3, -0.25) is 19.2 Å². The Morgan fingerprint density at radius 2 is 1.95 bits per heavy atom. The number of rotatable bonds is 7. The summed E-state index contributed by atoms with van der Waals surface area (Å²) in [6.45, 7) is 5.28. The fraction of sp³-hybridized carbons (Fsp3) is 0.538. The summed E-state index contributed by atoms with van der Waals surface area (Å²) >= 11 is 0. The molecule has 0 spiro atoms. The summed E-state index contributed by atoms with van der Waals surface area (Å²) in [5, 5.41) is 8.08. The summed E-state index contributed by atoms with van der Waals surface area (Å²) in [5.74, 6) is -0.291. The van der Waals surface area contributed by atoms with Crippen molar-refractivity contribution in [1.82, 2.24) is 19.9 Å². The third kappa shape index (κ3) is 3.51. The highest BCUT2D eigenvalue weighted by molar-refractivity contribution is 6.12. The number of ether oxygens (including phenoxy) is 1. The Hall–Kier alpha value is -2.02. The maximum absolute atomic E-state index is 11.3. The number of amides is 2. The van der Waals surface area contributed by atoms with Crippen LogP contribution in [0.1, 0.15) is 31.9 Å². The van der Waals surface area contributed by atoms with Gasteiger partial charge >= 0.3 is 0 Å². The normalized spacial score (nSPS) is 14.8. The highest BCUT2D eigenvalue weighted by atomic mass is 16.5. The first kappa shape index (κ1) is 14.4. The number of nitrogens with zero attached hydrogens (tertiary/aromatic N) is 4. The van der Waals surface area contributed by atoms with Gasteiger partial charge in [-0.15, -0.1) is 5.10 Å². The van der Waals surface area contributed by atoms with Crippen LogP contribution in [0, 0.1) is 0 Å². The van der Waals surface area contributed by atoms with Crippen LogP contribution in [-0.2, 0) is 20.9 Å². The van der Waals surface area contributed by atoms with E-state index < -0.39 is 0 Å². The monoisotopic (exact) mass is 278 g/mol. The van der Waals surface area contributed by atoms with Crippen LogP contribution in [-0.4, -0.2) is 45.0 Å². The lowest BCUT2D eigenvalue weighted by molar-refractivity contribution is -0.142. The van der Waals surface area contributed by atoms with Crippen molar-refractivity contribution >= 4 is 11.8 Å². The third-order valence-electron chi connectivity index (χ3n) is 2.94. The van der Waals surface area contributed by atoms with E-state index >= 15 is 0 Å². The van der Waals surface area contributed by atoms with Crippen LogP contribution < -0.4 is 0 Å². The Kier molecular flexibility index (Phi) is 4.62. The molecule has 0 N–H and O–H groups in total. The van der Waals surface area contributed by atoms with Gasteiger partial charge in [0.05, 0.1) is 12.3 Å². The first-order valence-corrected chi connectivity index (χ1v) is 6.59. The van der Waals surface area contributed by atoms with E-state index in [2.05, 4.69) is 24.2 Å². The van der Waals surface area contributed by atoms with Crippen molar-refractivity contribution in [1.29, 1.82) is 0 Å². The number of aryl methyl sites for hydroxylation is 1. The molecule has 1 aliphatic rings. The highest BCUT2D eigenvalue weighted by Crippen LogP contribution is 2.09. The zero-order valence-electron chi connectivity index (χ0n) is 11.7. The molecule has 0 fully saturated rings. The zero-order valence-corrected chi connectivity index (χ0v) is 11.7. The maximum Gasteiger partial charge on any atom is 0.255 e. The van der Waals surface area contributed by atoms with Crippen molar-refractivity contribution in [3.8, 4) is 0 Å². The molecule has 20 heavy (non-hydrogen) atoms. The largest absolute Gasteiger partial charge is 0.360 e. The van der Waals surface area contributed by atoms with E-state index in [0.717, 1.165) is 17.0 Å². The van der Waals surface area contributed by atoms with Crippen molar-refractivity contribution in [2.24, 2.45) is 0 Å². The Labute approximate surface area is 117 Å². The molecule has 1 aromatic heterocycles. The molecule has 1 aromatic rings. The van der Waals surface area contributed by atoms with E-state index in [1.807, 2.05) is 6.20 Å². The lowest BCUT2D eigenvalue weighted by Gasteiger charge is -2.13. The summed E-state index contributed by atoms with van der Waals surface area (Å²) in [5.41, 5.74) is 0.963. The van der Waals surface area contributed by atoms with Gasteiger partial charge < -0.3 is 4.74 Å². The van der Waals surface area contributed by atoms with Crippen molar-refractivity contribution in [2.45, 2.75) is 32.7 Å². The number of carbonyl (C=O) groups excluding carboxylic acids is 2. The van der Waals surface area contributed by atoms with Crippen LogP contribution in [0.4, 0.5) is 0 Å². The molecule has 2 heterocycles. The Bertz CT molecular complexity index is 503. The molecule has 0 saturated carbocycles. The predicted octanol–water partition coefficient (Wildman–Crippen LogP) is 0.691. The van der Waals surface area contributed by atoms with Crippen molar-refractivity contribution in [2.75, 3.05) is 13.3 Å². The van der Waals surface area contributed by atoms with Crippen LogP contribution in [0.25, 0.3) is 0 Å². The van der Waals surface area contributed by atoms with Gasteiger partial charge in [0, 0.05) is 24.9 Å². The average Bonchev–Trinajstić information content (AvgIpc) is 2.99. The quantitative estimate of drug-likeness (QED) is 0.541. The average molecular weight is 278 g/mol. The second kappa shape index (κ2) is 6.42. The summed E-state index contributed by atoms with van der Waals surface area (Å²) in [7, 11) is 0. The van der Waals surface area contributed by atoms with Crippen LogP contribution in [0.15, 0.2) is 18.3 Å². The van der Waals surface area contributed by atoms with Gasteiger partial charge in [-0.2, -0.15) is 0 Å². The number of carbonyl (C=O) groups is 2. The Balaban J connectivity index is 1.64. The topological polar surface area (TPSA) is 77.3 Å². The zero-order chi connectivity index (χ0) is 14.5. The smallest absolute Gasteiger partial charge is 0.255 e. The summed E-state index contributed by atoms with van der Waals surface area (Å²) < 4.78 is 7.09. The number of imide groups is 1. The molecule has 0 aromatic carbocycles. The fourth-order valence-corrected chi connectivity index (χ4v) is 1.73. The second-order valence-corrected chi connectivity index (χ2v) is 4.89. The SMILES string of the molecule is CC(C)c1cn(CCCOCN2C(=O)C=CC2=O)nn1. The Morgan fingerprint density at radius 1 is 1.25 bits per heavy atom. The van der Waals surface area contributed by atoms with E-state index in [1.54, 1.807) is 4.68 Å². The second-order valence-electron chi connectivity index (χ2n) is 4.89. The number of aromatic nitrogens is 3. The van der Waals surface area contributed by atoms with E-state index in [9.17, 15) is 9.59 Å². The molecule has 0 bridgehead atoms. The van der Waals surface area contributed by atoms with Crippen LogP contribution in [0.2, 0.25) is 0 Å². The van der Waals surface area contributed by atoms with Crippen LogP contribution in [0.5, 0.6) is 0 Å². The maximum atomic E-state index is 11.3. The predicted molar refractivity (Wildman–Crippen MR) is 70.5 cm³/mol. The molecule has 2 amide bonds. The molecule has 108 valence electrons. The third-order valence-corrected chi connectivity index (χ3v) is 2.94. The van der Waals surface area contributed by atoms with Gasteiger partial charge in [-0.25, -0.2) is 0 Å². The van der Waals surface area contributed by atoms with Gasteiger partial charge in [-0.1, -0.05) is 19.1 Å². The molecule has 0 radical (unpaired) electrons. The van der Waals surface area contributed by atoms with Crippen LogP contribution >= 0.6 is 0 Å². The summed E-state index contributed by atoms with van der Waals surface area (Å²) in [6, 6.07) is 0. The van der Waals surface area contributed by atoms with Crippen molar-refractivity contribution in [3.63, 3.8) is 0 Å². The molecule has 1 aliphatic heterocycles. The minimum absolute atomic E-state index is 0.000726. The van der Waals surface area contributed by atoms with Gasteiger partial charge in [0.25, 0.3) is 11.8 Å². The van der Waals surface area contributed by atoms with Gasteiger partial charge in [-0.05, 0) is 12.3 Å². The molecule has 2 rings (SSSR count). The molecule has 0 atom stereocenters. The lowest BCUT2D eigenvalue weighted by atomic mass is 10.2. The molecule has 0 unspecified atom stereocenters. The van der Waals surface area contributed by atoms with Crippen molar-refractivity contribution in [3.05, 3.63) is 24.0 Å². The minimum atomic E-state index is -0.326. The number of hydrogen-bond donors (Lipinski definition) is 0. The van der Waals surface area contributed by atoms with E-state index in [1.165, 1.54) is 12.2 Å². The van der Waals surface area contributed by atoms with Crippen molar-refractivity contribution < 1.29 is 14.3 Å². The molecule has 0 saturated heterocycles. The van der Waals surface area contributed by atoms with Gasteiger partial charge in [0.2, 0.25) is 0 Å². The van der Waals surface area contributed by atoms with E-state index in [-0.39, 0.29) is 18.5 Å². The molecular weight excluding hydrogens is 260 g/mol. The first-order chi connectivity index (χ1) is 9.58. The van der Waals surface area contributed by atoms with E-state index in [0.29, 0.717) is 19.1 Å². The number of hydrogen-bond acceptors (Lipinski definition) is 5.